The van der Waals surface area contributed by atoms with Crippen molar-refractivity contribution in [2.24, 2.45) is 0 Å². The van der Waals surface area contributed by atoms with Crippen molar-refractivity contribution in [1.82, 2.24) is 0 Å². The Morgan fingerprint density at radius 1 is 0.704 bits per heavy atom. The Morgan fingerprint density at radius 3 is 1.22 bits per heavy atom. The van der Waals surface area contributed by atoms with Crippen molar-refractivity contribution in [3.8, 4) is 0 Å². The van der Waals surface area contributed by atoms with Crippen LogP contribution in [-0.2, 0) is 64.9 Å². The van der Waals surface area contributed by atoms with Crippen LogP contribution in [0, 0.1) is 0 Å². The molecule has 0 aromatic carbocycles. The molecule has 0 unspecified atom stereocenters. The van der Waals surface area contributed by atoms with E-state index in [4.69, 9.17) is 0 Å². The zero-order chi connectivity index (χ0) is 20.5. The van der Waals surface area contributed by atoms with Crippen molar-refractivity contribution in [2.45, 2.75) is 53.4 Å². The monoisotopic (exact) mass is 498 g/mol. The fraction of sp³-hybridized carbons (Fsp3) is 0.625. The molecule has 0 bridgehead atoms. The zero-order valence-corrected chi connectivity index (χ0v) is 19.9. The maximum absolute atomic E-state index is 11.0. The molecule has 0 rings (SSSR count). The van der Waals surface area contributed by atoms with Gasteiger partial charge in [-0.3, -0.25) is 19.2 Å². The second kappa shape index (κ2) is 20.0. The first-order valence-corrected chi connectivity index (χ1v) is 8.69. The quantitative estimate of drug-likeness (QED) is 0.131. The van der Waals surface area contributed by atoms with E-state index in [1.165, 1.54) is 13.8 Å². The molecule has 8 nitrogen and oxygen atoms in total. The van der Waals surface area contributed by atoms with Gasteiger partial charge in [-0.1, -0.05) is 13.8 Å². The van der Waals surface area contributed by atoms with Gasteiger partial charge in [-0.25, -0.2) is 0 Å². The van der Waals surface area contributed by atoms with Gasteiger partial charge in [-0.15, -0.1) is 0 Å². The second-order valence-corrected chi connectivity index (χ2v) is 5.73. The van der Waals surface area contributed by atoms with Gasteiger partial charge in [0.1, 0.15) is 11.6 Å². The summed E-state index contributed by atoms with van der Waals surface area (Å²) in [6.45, 7) is 7.15. The summed E-state index contributed by atoms with van der Waals surface area (Å²) in [7, 11) is 0. The fourth-order valence-electron chi connectivity index (χ4n) is 1.05. The van der Waals surface area contributed by atoms with E-state index in [1.807, 2.05) is 13.8 Å². The van der Waals surface area contributed by atoms with Gasteiger partial charge in [-0.2, -0.15) is 9.78 Å². The largest absolute Gasteiger partial charge is 0.322 e. The van der Waals surface area contributed by atoms with E-state index >= 15 is 0 Å². The molecule has 11 heteroatoms. The Bertz CT molecular complexity index is 477. The number of hydrogen-bond acceptors (Lipinski definition) is 10. The third-order valence-electron chi connectivity index (χ3n) is 2.12. The van der Waals surface area contributed by atoms with E-state index in [-0.39, 0.29) is 60.7 Å². The van der Waals surface area contributed by atoms with E-state index < -0.39 is 11.6 Å². The van der Waals surface area contributed by atoms with Crippen molar-refractivity contribution >= 4 is 57.7 Å². The summed E-state index contributed by atoms with van der Waals surface area (Å²) in [5, 5.41) is -0.577. The van der Waals surface area contributed by atoms with Crippen LogP contribution in [0.3, 0.4) is 0 Å². The van der Waals surface area contributed by atoms with Crippen LogP contribution in [0.25, 0.3) is 0 Å². The van der Waals surface area contributed by atoms with Crippen molar-refractivity contribution < 1.29 is 64.9 Å². The van der Waals surface area contributed by atoms with Crippen LogP contribution >= 0.6 is 24.4 Å². The molecule has 0 atom stereocenters. The van der Waals surface area contributed by atoms with Crippen LogP contribution in [0.2, 0.25) is 0 Å². The smallest absolute Gasteiger partial charge is 0.272 e. The first-order chi connectivity index (χ1) is 12.1. The predicted molar refractivity (Wildman–Crippen MR) is 100 cm³/mol. The van der Waals surface area contributed by atoms with Crippen molar-refractivity contribution in [2.75, 3.05) is 13.2 Å². The van der Waals surface area contributed by atoms with E-state index in [2.05, 4.69) is 44.0 Å². The first-order valence-electron chi connectivity index (χ1n) is 7.87. The van der Waals surface area contributed by atoms with Gasteiger partial charge in [0.05, 0.1) is 26.1 Å². The van der Waals surface area contributed by atoms with E-state index in [1.54, 1.807) is 0 Å². The van der Waals surface area contributed by atoms with Crippen LogP contribution in [0.5, 0.6) is 0 Å². The minimum atomic E-state index is -0.515. The standard InChI is InChI=1S/2C8H12O4S.Zr/c2*1-3-4-11-12-8(13)7(10)5-6(2)9;/h2*3-5H2,1-2H3;. The van der Waals surface area contributed by atoms with Crippen LogP contribution in [0.1, 0.15) is 53.4 Å². The molecule has 0 aliphatic rings. The second-order valence-electron chi connectivity index (χ2n) is 4.99. The van der Waals surface area contributed by atoms with Crippen LogP contribution in [0.4, 0.5) is 0 Å². The molecular weight excluding hydrogens is 476 g/mol. The maximum Gasteiger partial charge on any atom is 0.272 e. The van der Waals surface area contributed by atoms with E-state index in [0.717, 1.165) is 12.8 Å². The molecule has 152 valence electrons. The Labute approximate surface area is 188 Å². The summed E-state index contributed by atoms with van der Waals surface area (Å²) < 4.78 is 0. The summed E-state index contributed by atoms with van der Waals surface area (Å²) >= 11 is 9.12. The van der Waals surface area contributed by atoms with Gasteiger partial charge >= 0.3 is 0 Å². The van der Waals surface area contributed by atoms with Crippen molar-refractivity contribution in [3.63, 3.8) is 0 Å². The fourth-order valence-corrected chi connectivity index (χ4v) is 1.29. The van der Waals surface area contributed by atoms with E-state index in [9.17, 15) is 19.2 Å². The molecule has 0 saturated heterocycles. The Kier molecular flexibility index (Phi) is 23.0. The number of rotatable bonds is 12. The number of carbonyl (C=O) groups excluding carboxylic acids is 4. The van der Waals surface area contributed by atoms with Crippen LogP contribution in [0.15, 0.2) is 0 Å². The number of carbonyl (C=O) groups is 4. The Hall–Kier alpha value is -0.737. The van der Waals surface area contributed by atoms with Gasteiger partial charge in [-0.05, 0) is 51.1 Å². The first kappa shape index (κ1) is 31.0. The average molecular weight is 500 g/mol. The molecule has 0 aliphatic heterocycles. The van der Waals surface area contributed by atoms with Gasteiger partial charge in [0, 0.05) is 26.2 Å². The minimum absolute atomic E-state index is 0. The van der Waals surface area contributed by atoms with Crippen molar-refractivity contribution in [3.05, 3.63) is 0 Å². The molecule has 0 spiro atoms. The molecule has 27 heavy (non-hydrogen) atoms. The number of ketones is 4. The molecule has 0 aliphatic carbocycles. The third-order valence-corrected chi connectivity index (χ3v) is 2.71. The molecule has 0 heterocycles. The van der Waals surface area contributed by atoms with Crippen molar-refractivity contribution in [1.29, 1.82) is 0 Å². The topological polar surface area (TPSA) is 105 Å². The molecule has 0 aromatic rings. The summed E-state index contributed by atoms with van der Waals surface area (Å²) in [5.41, 5.74) is 0. The summed E-state index contributed by atoms with van der Waals surface area (Å²) in [4.78, 5) is 61.1. The minimum Gasteiger partial charge on any atom is -0.322 e. The van der Waals surface area contributed by atoms with Gasteiger partial charge in [0.15, 0.2) is 0 Å². The molecule has 0 saturated carbocycles. The normalized spacial score (nSPS) is 9.04. The van der Waals surface area contributed by atoms with Gasteiger partial charge in [0.2, 0.25) is 11.6 Å². The summed E-state index contributed by atoms with van der Waals surface area (Å²) in [6.07, 6.45) is 1.08. The molecule has 0 aromatic heterocycles. The molecule has 0 radical (unpaired) electrons. The maximum atomic E-state index is 11.0. The third kappa shape index (κ3) is 21.4. The summed E-state index contributed by atoms with van der Waals surface area (Å²) in [5.74, 6) is -1.52. The molecular formula is C16H24O8S2Zr. The Morgan fingerprint density at radius 2 is 1.00 bits per heavy atom. The SMILES string of the molecule is CCCOOC(=S)C(=O)CC(C)=O.CCCOOC(=S)C(=O)CC(C)=O.[Zr]. The number of Topliss-reactive ketones (excluding diaryl/α,β-unsaturated/α-hetero) is 4. The van der Waals surface area contributed by atoms with Gasteiger partial charge < -0.3 is 9.78 Å². The Balaban J connectivity index is -0.000000411. The average Bonchev–Trinajstić information content (AvgIpc) is 2.54. The number of thiocarbonyl (C=S) groups is 2. The molecule has 0 N–H and O–H groups in total. The molecule has 0 amide bonds. The molecule has 0 fully saturated rings. The van der Waals surface area contributed by atoms with Crippen LogP contribution in [-0.4, -0.2) is 46.4 Å². The van der Waals surface area contributed by atoms with Gasteiger partial charge in [0.25, 0.3) is 10.1 Å². The summed E-state index contributed by atoms with van der Waals surface area (Å²) in [6, 6.07) is 0. The number of hydrogen-bond donors (Lipinski definition) is 0. The van der Waals surface area contributed by atoms with E-state index in [0.29, 0.717) is 13.2 Å². The van der Waals surface area contributed by atoms with Crippen LogP contribution < -0.4 is 0 Å². The zero-order valence-electron chi connectivity index (χ0n) is 15.8. The predicted octanol–water partition coefficient (Wildman–Crippen LogP) is 2.44.